The van der Waals surface area contributed by atoms with Crippen molar-refractivity contribution in [3.8, 4) is 0 Å². The predicted octanol–water partition coefficient (Wildman–Crippen LogP) is 4.91. The van der Waals surface area contributed by atoms with Gasteiger partial charge in [-0.3, -0.25) is 0 Å². The van der Waals surface area contributed by atoms with E-state index in [4.69, 9.17) is 4.74 Å². The number of rotatable bonds is 4. The highest BCUT2D eigenvalue weighted by Crippen LogP contribution is 2.47. The van der Waals surface area contributed by atoms with Gasteiger partial charge in [0.2, 0.25) is 0 Å². The van der Waals surface area contributed by atoms with E-state index in [0.717, 1.165) is 24.8 Å². The Morgan fingerprint density at radius 2 is 1.91 bits per heavy atom. The molecule has 1 amide bonds. The molecule has 1 aliphatic rings. The van der Waals surface area contributed by atoms with Gasteiger partial charge in [0.25, 0.3) is 0 Å². The lowest BCUT2D eigenvalue weighted by molar-refractivity contribution is 0.0289. The third-order valence-corrected chi connectivity index (χ3v) is 5.24. The van der Waals surface area contributed by atoms with Gasteiger partial charge in [0, 0.05) is 5.54 Å². The maximum Gasteiger partial charge on any atom is 0.407 e. The van der Waals surface area contributed by atoms with Gasteiger partial charge in [-0.1, -0.05) is 63.9 Å². The van der Waals surface area contributed by atoms with Crippen LogP contribution in [0, 0.1) is 11.3 Å². The first-order valence-corrected chi connectivity index (χ1v) is 8.36. The molecule has 0 bridgehead atoms. The van der Waals surface area contributed by atoms with E-state index in [0.29, 0.717) is 12.5 Å². The zero-order valence-electron chi connectivity index (χ0n) is 14.3. The van der Waals surface area contributed by atoms with Crippen LogP contribution in [0.3, 0.4) is 0 Å². The lowest BCUT2D eigenvalue weighted by Gasteiger charge is -2.50. The highest BCUT2D eigenvalue weighted by molar-refractivity contribution is 5.68. The summed E-state index contributed by atoms with van der Waals surface area (Å²) in [5.74, 6) is 0.470. The van der Waals surface area contributed by atoms with E-state index >= 15 is 0 Å². The Bertz CT molecular complexity index is 497. The summed E-state index contributed by atoms with van der Waals surface area (Å²) in [5.41, 5.74) is 1.09. The van der Waals surface area contributed by atoms with Crippen LogP contribution in [0.15, 0.2) is 30.3 Å². The largest absolute Gasteiger partial charge is 0.445 e. The quantitative estimate of drug-likeness (QED) is 0.858. The van der Waals surface area contributed by atoms with E-state index in [-0.39, 0.29) is 17.0 Å². The normalized spacial score (nSPS) is 27.2. The maximum absolute atomic E-state index is 12.2. The first-order chi connectivity index (χ1) is 10.4. The van der Waals surface area contributed by atoms with Crippen molar-refractivity contribution in [2.24, 2.45) is 11.3 Å². The Morgan fingerprint density at radius 1 is 1.23 bits per heavy atom. The molecule has 0 unspecified atom stereocenters. The first-order valence-electron chi connectivity index (χ1n) is 8.36. The molecule has 3 nitrogen and oxygen atoms in total. The number of ether oxygens (including phenoxy) is 1. The Morgan fingerprint density at radius 3 is 2.55 bits per heavy atom. The van der Waals surface area contributed by atoms with Gasteiger partial charge in [-0.05, 0) is 36.7 Å². The molecule has 3 heteroatoms. The van der Waals surface area contributed by atoms with Crippen LogP contribution in [0.1, 0.15) is 58.9 Å². The van der Waals surface area contributed by atoms with Crippen molar-refractivity contribution in [1.82, 2.24) is 5.32 Å². The molecule has 0 radical (unpaired) electrons. The van der Waals surface area contributed by atoms with E-state index < -0.39 is 0 Å². The van der Waals surface area contributed by atoms with Crippen LogP contribution >= 0.6 is 0 Å². The SMILES string of the molecule is CC[C@H]1C(C)(C)CCC[C@@]1(C)NC(=O)OCc1ccccc1. The van der Waals surface area contributed by atoms with Gasteiger partial charge in [-0.2, -0.15) is 0 Å². The molecule has 122 valence electrons. The van der Waals surface area contributed by atoms with Gasteiger partial charge >= 0.3 is 6.09 Å². The fraction of sp³-hybridized carbons (Fsp3) is 0.632. The Kier molecular flexibility index (Phi) is 5.15. The number of benzene rings is 1. The average molecular weight is 303 g/mol. The zero-order chi connectivity index (χ0) is 16.2. The van der Waals surface area contributed by atoms with E-state index in [2.05, 4.69) is 33.0 Å². The van der Waals surface area contributed by atoms with Crippen molar-refractivity contribution in [2.45, 2.75) is 65.5 Å². The summed E-state index contributed by atoms with van der Waals surface area (Å²) >= 11 is 0. The van der Waals surface area contributed by atoms with Crippen molar-refractivity contribution in [1.29, 1.82) is 0 Å². The minimum Gasteiger partial charge on any atom is -0.445 e. The molecule has 1 aromatic carbocycles. The second kappa shape index (κ2) is 6.72. The molecule has 0 heterocycles. The molecular formula is C19H29NO2. The zero-order valence-corrected chi connectivity index (χ0v) is 14.3. The van der Waals surface area contributed by atoms with Gasteiger partial charge in [-0.15, -0.1) is 0 Å². The molecule has 0 spiro atoms. The molecular weight excluding hydrogens is 274 g/mol. The fourth-order valence-corrected chi connectivity index (χ4v) is 4.27. The number of hydrogen-bond acceptors (Lipinski definition) is 2. The third kappa shape index (κ3) is 3.82. The molecule has 1 aromatic rings. The number of carbonyl (C=O) groups is 1. The van der Waals surface area contributed by atoms with Gasteiger partial charge in [-0.25, -0.2) is 4.79 Å². The topological polar surface area (TPSA) is 38.3 Å². The molecule has 2 rings (SSSR count). The standard InChI is InChI=1S/C19H29NO2/c1-5-16-18(2,3)12-9-13-19(16,4)20-17(21)22-14-15-10-7-6-8-11-15/h6-8,10-11,16H,5,9,12-14H2,1-4H3,(H,20,21)/t16-,19+/m0/s1. The lowest BCUT2D eigenvalue weighted by atomic mass is 9.59. The molecule has 2 atom stereocenters. The van der Waals surface area contributed by atoms with Crippen LogP contribution in [0.25, 0.3) is 0 Å². The van der Waals surface area contributed by atoms with Crippen molar-refractivity contribution >= 4 is 6.09 Å². The summed E-state index contributed by atoms with van der Waals surface area (Å²) in [6.07, 6.45) is 4.17. The van der Waals surface area contributed by atoms with Crippen molar-refractivity contribution in [3.05, 3.63) is 35.9 Å². The summed E-state index contributed by atoms with van der Waals surface area (Å²) < 4.78 is 5.41. The fourth-order valence-electron chi connectivity index (χ4n) is 4.27. The second-order valence-electron chi connectivity index (χ2n) is 7.41. The minimum atomic E-state index is -0.303. The summed E-state index contributed by atoms with van der Waals surface area (Å²) in [7, 11) is 0. The van der Waals surface area contributed by atoms with Gasteiger partial charge < -0.3 is 10.1 Å². The minimum absolute atomic E-state index is 0.176. The Labute approximate surface area is 134 Å². The van der Waals surface area contributed by atoms with Crippen LogP contribution < -0.4 is 5.32 Å². The third-order valence-electron chi connectivity index (χ3n) is 5.24. The van der Waals surface area contributed by atoms with Crippen molar-refractivity contribution < 1.29 is 9.53 Å². The number of alkyl carbamates (subject to hydrolysis) is 1. The number of nitrogens with one attached hydrogen (secondary N) is 1. The number of hydrogen-bond donors (Lipinski definition) is 1. The smallest absolute Gasteiger partial charge is 0.407 e. The first kappa shape index (κ1) is 16.9. The summed E-state index contributed by atoms with van der Waals surface area (Å²) in [6, 6.07) is 9.80. The Hall–Kier alpha value is -1.51. The van der Waals surface area contributed by atoms with E-state index in [1.165, 1.54) is 6.42 Å². The van der Waals surface area contributed by atoms with E-state index in [1.54, 1.807) is 0 Å². The molecule has 22 heavy (non-hydrogen) atoms. The lowest BCUT2D eigenvalue weighted by Crippen LogP contribution is -2.57. The summed E-state index contributed by atoms with van der Waals surface area (Å²) in [5, 5.41) is 3.16. The maximum atomic E-state index is 12.2. The van der Waals surface area contributed by atoms with Gasteiger partial charge in [0.1, 0.15) is 6.61 Å². The molecule has 1 aliphatic carbocycles. The van der Waals surface area contributed by atoms with Crippen molar-refractivity contribution in [3.63, 3.8) is 0 Å². The van der Waals surface area contributed by atoms with Gasteiger partial charge in [0.15, 0.2) is 0 Å². The van der Waals surface area contributed by atoms with Gasteiger partial charge in [0.05, 0.1) is 0 Å². The second-order valence-corrected chi connectivity index (χ2v) is 7.41. The Balaban J connectivity index is 1.97. The van der Waals surface area contributed by atoms with Crippen molar-refractivity contribution in [2.75, 3.05) is 0 Å². The van der Waals surface area contributed by atoms with Crippen LogP contribution in [0.4, 0.5) is 4.79 Å². The predicted molar refractivity (Wildman–Crippen MR) is 89.6 cm³/mol. The molecule has 0 aliphatic heterocycles. The van der Waals surface area contributed by atoms with E-state index in [9.17, 15) is 4.79 Å². The van der Waals surface area contributed by atoms with Crippen LogP contribution in [-0.4, -0.2) is 11.6 Å². The molecule has 1 saturated carbocycles. The summed E-state index contributed by atoms with van der Waals surface area (Å²) in [4.78, 5) is 12.2. The molecule has 0 saturated heterocycles. The van der Waals surface area contributed by atoms with Crippen LogP contribution in [0.5, 0.6) is 0 Å². The number of amides is 1. The monoisotopic (exact) mass is 303 g/mol. The van der Waals surface area contributed by atoms with Crippen LogP contribution in [0.2, 0.25) is 0 Å². The molecule has 1 N–H and O–H groups in total. The highest BCUT2D eigenvalue weighted by atomic mass is 16.5. The summed E-state index contributed by atoms with van der Waals surface area (Å²) in [6.45, 7) is 9.34. The number of carbonyl (C=O) groups excluding carboxylic acids is 1. The molecule has 0 aromatic heterocycles. The van der Waals surface area contributed by atoms with E-state index in [1.807, 2.05) is 30.3 Å². The average Bonchev–Trinajstić information content (AvgIpc) is 2.45. The highest BCUT2D eigenvalue weighted by Gasteiger charge is 2.46. The molecule has 1 fully saturated rings. The van der Waals surface area contributed by atoms with Crippen LogP contribution in [-0.2, 0) is 11.3 Å².